The Balaban J connectivity index is 1.44. The summed E-state index contributed by atoms with van der Waals surface area (Å²) in [7, 11) is -0.872. The van der Waals surface area contributed by atoms with Gasteiger partial charge >= 0.3 is 0 Å². The van der Waals surface area contributed by atoms with Gasteiger partial charge in [0.2, 0.25) is 10.0 Å². The highest BCUT2D eigenvalue weighted by Crippen LogP contribution is 2.37. The molecule has 3 aromatic rings. The molecule has 0 fully saturated rings. The van der Waals surface area contributed by atoms with Crippen molar-refractivity contribution in [3.8, 4) is 0 Å². The minimum absolute atomic E-state index is 0.0181. The maximum atomic E-state index is 13.3. The van der Waals surface area contributed by atoms with Crippen LogP contribution in [0, 0.1) is 0 Å². The van der Waals surface area contributed by atoms with E-state index in [1.807, 2.05) is 17.0 Å². The van der Waals surface area contributed by atoms with Crippen molar-refractivity contribution in [1.29, 1.82) is 0 Å². The van der Waals surface area contributed by atoms with Crippen LogP contribution in [0.15, 0.2) is 70.0 Å². The molecule has 1 N–H and O–H groups in total. The summed E-state index contributed by atoms with van der Waals surface area (Å²) in [4.78, 5) is 28.0. The molecule has 10 heteroatoms. The average Bonchev–Trinajstić information content (AvgIpc) is 2.87. The molecule has 1 aliphatic rings. The Morgan fingerprint density at radius 2 is 1.76 bits per heavy atom. The zero-order valence-electron chi connectivity index (χ0n) is 21.6. The van der Waals surface area contributed by atoms with Gasteiger partial charge in [-0.2, -0.15) is 0 Å². The van der Waals surface area contributed by atoms with Crippen LogP contribution in [-0.2, 0) is 28.5 Å². The lowest BCUT2D eigenvalue weighted by Crippen LogP contribution is -2.45. The van der Waals surface area contributed by atoms with Gasteiger partial charge in [0.15, 0.2) is 0 Å². The van der Waals surface area contributed by atoms with Gasteiger partial charge in [-0.25, -0.2) is 12.7 Å². The van der Waals surface area contributed by atoms with E-state index in [0.29, 0.717) is 18.7 Å². The molecule has 3 aromatic carbocycles. The lowest BCUT2D eigenvalue weighted by Gasteiger charge is -2.40. The monoisotopic (exact) mass is 617 g/mol. The van der Waals surface area contributed by atoms with Crippen LogP contribution in [0.25, 0.3) is 0 Å². The van der Waals surface area contributed by atoms with Gasteiger partial charge in [-0.05, 0) is 53.1 Å². The van der Waals surface area contributed by atoms with Gasteiger partial charge in [0, 0.05) is 49.2 Å². The van der Waals surface area contributed by atoms with Crippen molar-refractivity contribution >= 4 is 49.4 Å². The lowest BCUT2D eigenvalue weighted by molar-refractivity contribution is 0.0685. The Labute approximate surface area is 237 Å². The summed E-state index contributed by atoms with van der Waals surface area (Å²) in [6, 6.07) is 17.3. The van der Waals surface area contributed by atoms with Gasteiger partial charge in [0.05, 0.1) is 15.5 Å². The summed E-state index contributed by atoms with van der Waals surface area (Å²) >= 11 is 9.81. The van der Waals surface area contributed by atoms with Gasteiger partial charge in [0.25, 0.3) is 11.8 Å². The molecule has 0 radical (unpaired) electrons. The molecule has 4 rings (SSSR count). The fraction of sp³-hybridized carbons (Fsp3) is 0.286. The van der Waals surface area contributed by atoms with Gasteiger partial charge < -0.3 is 10.2 Å². The van der Waals surface area contributed by atoms with E-state index in [-0.39, 0.29) is 33.3 Å². The molecule has 1 aliphatic heterocycles. The summed E-state index contributed by atoms with van der Waals surface area (Å²) in [5, 5.41) is 2.92. The predicted octanol–water partition coefficient (Wildman–Crippen LogP) is 5.22. The first-order valence-corrected chi connectivity index (χ1v) is 14.6. The Morgan fingerprint density at radius 3 is 2.42 bits per heavy atom. The van der Waals surface area contributed by atoms with Crippen molar-refractivity contribution in [3.05, 3.63) is 98.0 Å². The van der Waals surface area contributed by atoms with Crippen LogP contribution in [0.3, 0.4) is 0 Å². The Hall–Kier alpha value is -2.72. The van der Waals surface area contributed by atoms with E-state index in [4.69, 9.17) is 11.6 Å². The van der Waals surface area contributed by atoms with Crippen LogP contribution in [0.4, 0.5) is 0 Å². The molecule has 0 bridgehead atoms. The fourth-order valence-electron chi connectivity index (χ4n) is 4.58. The number of sulfonamides is 1. The van der Waals surface area contributed by atoms with Crippen LogP contribution in [-0.4, -0.2) is 50.1 Å². The summed E-state index contributed by atoms with van der Waals surface area (Å²) in [5.74, 6) is -0.550. The topological polar surface area (TPSA) is 86.8 Å². The second kappa shape index (κ2) is 10.8. The van der Waals surface area contributed by atoms with Crippen LogP contribution >= 0.6 is 27.5 Å². The quantitative estimate of drug-likeness (QED) is 0.411. The Kier molecular flexibility index (Phi) is 8.04. The SMILES string of the molecule is CN(C)S(=O)(=O)c1ccc(Cl)c(C(=O)NCc2ccc(C(=O)N3Cc4c(Br)cccc4C(C)(C)C3)cc2)c1. The number of nitrogens with one attached hydrogen (secondary N) is 1. The van der Waals surface area contributed by atoms with Crippen molar-refractivity contribution in [3.63, 3.8) is 0 Å². The number of hydrogen-bond donors (Lipinski definition) is 1. The number of carbonyl (C=O) groups is 2. The molecule has 0 spiro atoms. The Morgan fingerprint density at radius 1 is 1.08 bits per heavy atom. The maximum Gasteiger partial charge on any atom is 0.254 e. The molecule has 0 aromatic heterocycles. The van der Waals surface area contributed by atoms with E-state index in [2.05, 4.69) is 41.2 Å². The third-order valence-electron chi connectivity index (χ3n) is 6.69. The molecule has 0 saturated heterocycles. The molecular formula is C28H29BrClN3O4S. The van der Waals surface area contributed by atoms with E-state index in [0.717, 1.165) is 19.9 Å². The molecule has 0 unspecified atom stereocenters. The number of nitrogens with zero attached hydrogens (tertiary/aromatic N) is 2. The van der Waals surface area contributed by atoms with Crippen molar-refractivity contribution in [2.45, 2.75) is 37.2 Å². The maximum absolute atomic E-state index is 13.3. The van der Waals surface area contributed by atoms with Crippen LogP contribution in [0.1, 0.15) is 51.3 Å². The van der Waals surface area contributed by atoms with E-state index in [1.165, 1.54) is 37.9 Å². The van der Waals surface area contributed by atoms with Gasteiger partial charge in [-0.15, -0.1) is 0 Å². The van der Waals surface area contributed by atoms with Crippen molar-refractivity contribution in [2.24, 2.45) is 0 Å². The molecular weight excluding hydrogens is 590 g/mol. The van der Waals surface area contributed by atoms with Crippen LogP contribution < -0.4 is 5.32 Å². The number of benzene rings is 3. The van der Waals surface area contributed by atoms with E-state index in [1.54, 1.807) is 24.3 Å². The minimum Gasteiger partial charge on any atom is -0.348 e. The number of fused-ring (bicyclic) bond motifs is 1. The van der Waals surface area contributed by atoms with E-state index >= 15 is 0 Å². The number of carbonyl (C=O) groups excluding carboxylic acids is 2. The van der Waals surface area contributed by atoms with Gasteiger partial charge in [0.1, 0.15) is 0 Å². The van der Waals surface area contributed by atoms with Crippen LogP contribution in [0.2, 0.25) is 5.02 Å². The molecule has 2 amide bonds. The summed E-state index contributed by atoms with van der Waals surface area (Å²) in [5.41, 5.74) is 3.61. The summed E-state index contributed by atoms with van der Waals surface area (Å²) in [6.07, 6.45) is 0. The highest BCUT2D eigenvalue weighted by Gasteiger charge is 2.35. The van der Waals surface area contributed by atoms with Crippen molar-refractivity contribution in [1.82, 2.24) is 14.5 Å². The standard InChI is InChI=1S/C28H29BrClN3O4S/c1-28(2)17-33(16-22-23(28)6-5-7-24(22)29)27(35)19-10-8-18(9-11-19)15-31-26(34)21-14-20(12-13-25(21)30)38(36,37)32(3)4/h5-14H,15-17H2,1-4H3,(H,31,34). The number of halogens is 2. The van der Waals surface area contributed by atoms with E-state index < -0.39 is 15.9 Å². The van der Waals surface area contributed by atoms with Crippen molar-refractivity contribution in [2.75, 3.05) is 20.6 Å². The van der Waals surface area contributed by atoms with Gasteiger partial charge in [-0.3, -0.25) is 9.59 Å². The predicted molar refractivity (Wildman–Crippen MR) is 152 cm³/mol. The molecule has 0 saturated carbocycles. The van der Waals surface area contributed by atoms with E-state index in [9.17, 15) is 18.0 Å². The normalized spacial score (nSPS) is 14.8. The fourth-order valence-corrected chi connectivity index (χ4v) is 6.20. The lowest BCUT2D eigenvalue weighted by atomic mass is 9.78. The first-order chi connectivity index (χ1) is 17.8. The van der Waals surface area contributed by atoms with Gasteiger partial charge in [-0.1, -0.05) is 65.6 Å². The second-order valence-corrected chi connectivity index (χ2v) is 13.5. The summed E-state index contributed by atoms with van der Waals surface area (Å²) < 4.78 is 26.9. The van der Waals surface area contributed by atoms with Crippen LogP contribution in [0.5, 0.6) is 0 Å². The first kappa shape index (κ1) is 28.3. The van der Waals surface area contributed by atoms with Crippen molar-refractivity contribution < 1.29 is 18.0 Å². The second-order valence-electron chi connectivity index (χ2n) is 10.1. The molecule has 0 atom stereocenters. The molecule has 38 heavy (non-hydrogen) atoms. The summed E-state index contributed by atoms with van der Waals surface area (Å²) in [6.45, 7) is 5.60. The number of hydrogen-bond acceptors (Lipinski definition) is 4. The highest BCUT2D eigenvalue weighted by atomic mass is 79.9. The molecule has 200 valence electrons. The largest absolute Gasteiger partial charge is 0.348 e. The molecule has 7 nitrogen and oxygen atoms in total. The average molecular weight is 619 g/mol. The highest BCUT2D eigenvalue weighted by molar-refractivity contribution is 9.10. The number of rotatable bonds is 6. The molecule has 0 aliphatic carbocycles. The zero-order chi connectivity index (χ0) is 27.8. The zero-order valence-corrected chi connectivity index (χ0v) is 24.7. The minimum atomic E-state index is -3.71. The Bertz CT molecular complexity index is 1500. The number of amides is 2. The smallest absolute Gasteiger partial charge is 0.254 e. The third kappa shape index (κ3) is 5.66. The third-order valence-corrected chi connectivity index (χ3v) is 9.57. The molecule has 1 heterocycles. The first-order valence-electron chi connectivity index (χ1n) is 12.0.